The molecule has 26 heavy (non-hydrogen) atoms. The molecule has 0 aliphatic carbocycles. The average Bonchev–Trinajstić information content (AvgIpc) is 3.09. The zero-order valence-electron chi connectivity index (χ0n) is 14.4. The van der Waals surface area contributed by atoms with Gasteiger partial charge in [0.1, 0.15) is 0 Å². The second-order valence-electron chi connectivity index (χ2n) is 6.03. The lowest BCUT2D eigenvalue weighted by Crippen LogP contribution is -2.38. The van der Waals surface area contributed by atoms with E-state index in [4.69, 9.17) is 9.72 Å². The number of rotatable bonds is 6. The van der Waals surface area contributed by atoms with Gasteiger partial charge in [-0.1, -0.05) is 29.2 Å². The molecule has 0 radical (unpaired) electrons. The summed E-state index contributed by atoms with van der Waals surface area (Å²) in [5, 5.41) is 4.47. The highest BCUT2D eigenvalue weighted by Crippen LogP contribution is 2.27. The van der Waals surface area contributed by atoms with Crippen LogP contribution in [0, 0.1) is 0 Å². The van der Waals surface area contributed by atoms with Gasteiger partial charge in [0.2, 0.25) is 4.96 Å². The normalized spacial score (nSPS) is 14.7. The van der Waals surface area contributed by atoms with Crippen LogP contribution in [-0.4, -0.2) is 51.3 Å². The zero-order valence-corrected chi connectivity index (χ0v) is 16.1. The molecular formula is C17H19N5O2S2. The Balaban J connectivity index is 1.57. The van der Waals surface area contributed by atoms with Crippen LogP contribution >= 0.6 is 23.1 Å². The molecule has 0 atom stereocenters. The summed E-state index contributed by atoms with van der Waals surface area (Å²) in [6.45, 7) is 3.00. The molecule has 1 aliphatic heterocycles. The lowest BCUT2D eigenvalue weighted by atomic mass is 10.1. The first-order valence-electron chi connectivity index (χ1n) is 8.40. The fraction of sp³-hybridized carbons (Fsp3) is 0.412. The van der Waals surface area contributed by atoms with Gasteiger partial charge in [0, 0.05) is 45.1 Å². The molecule has 9 heteroatoms. The summed E-state index contributed by atoms with van der Waals surface area (Å²) in [7, 11) is 1.69. The standard InChI is InChI=1S/C17H19N5O2S2/c1-24-9-8-21-7-5-14-13(10-21)15(23)22-16(19-14)26-17(20-22)25-11-12-4-2-3-6-18-12/h2-4,6H,5,7-11H2,1H3. The van der Waals surface area contributed by atoms with Crippen molar-refractivity contribution in [2.75, 3.05) is 26.8 Å². The number of methoxy groups -OCH3 is 1. The second-order valence-corrected chi connectivity index (χ2v) is 8.21. The Morgan fingerprint density at radius 1 is 1.38 bits per heavy atom. The van der Waals surface area contributed by atoms with Crippen molar-refractivity contribution in [3.8, 4) is 0 Å². The molecule has 3 aromatic heterocycles. The number of aromatic nitrogens is 4. The number of ether oxygens (including phenoxy) is 1. The first-order valence-corrected chi connectivity index (χ1v) is 10.2. The van der Waals surface area contributed by atoms with Crippen molar-refractivity contribution in [2.45, 2.75) is 23.1 Å². The zero-order chi connectivity index (χ0) is 17.9. The van der Waals surface area contributed by atoms with Gasteiger partial charge in [0.15, 0.2) is 4.34 Å². The smallest absolute Gasteiger partial charge is 0.279 e. The Hall–Kier alpha value is -1.81. The summed E-state index contributed by atoms with van der Waals surface area (Å²) in [4.78, 5) is 24.8. The van der Waals surface area contributed by atoms with Crippen molar-refractivity contribution in [1.82, 2.24) is 24.5 Å². The maximum Gasteiger partial charge on any atom is 0.279 e. The minimum atomic E-state index is -0.0481. The molecule has 0 aromatic carbocycles. The third-order valence-corrected chi connectivity index (χ3v) is 6.37. The van der Waals surface area contributed by atoms with Gasteiger partial charge >= 0.3 is 0 Å². The minimum absolute atomic E-state index is 0.0481. The number of thioether (sulfide) groups is 1. The van der Waals surface area contributed by atoms with E-state index in [-0.39, 0.29) is 5.56 Å². The molecule has 0 saturated carbocycles. The van der Waals surface area contributed by atoms with Gasteiger partial charge < -0.3 is 4.74 Å². The molecule has 0 saturated heterocycles. The molecule has 0 bridgehead atoms. The van der Waals surface area contributed by atoms with Gasteiger partial charge in [0.05, 0.1) is 23.6 Å². The summed E-state index contributed by atoms with van der Waals surface area (Å²) >= 11 is 3.04. The average molecular weight is 390 g/mol. The van der Waals surface area contributed by atoms with Crippen molar-refractivity contribution >= 4 is 28.1 Å². The number of fused-ring (bicyclic) bond motifs is 2. The first-order chi connectivity index (χ1) is 12.7. The van der Waals surface area contributed by atoms with Crippen molar-refractivity contribution in [1.29, 1.82) is 0 Å². The maximum atomic E-state index is 12.9. The Labute approximate surface area is 159 Å². The molecule has 1 aliphatic rings. The highest BCUT2D eigenvalue weighted by atomic mass is 32.2. The summed E-state index contributed by atoms with van der Waals surface area (Å²) in [6, 6.07) is 5.85. The van der Waals surface area contributed by atoms with Crippen LogP contribution in [0.2, 0.25) is 0 Å². The lowest BCUT2D eigenvalue weighted by molar-refractivity contribution is 0.140. The van der Waals surface area contributed by atoms with E-state index >= 15 is 0 Å². The molecule has 4 rings (SSSR count). The molecule has 7 nitrogen and oxygen atoms in total. The van der Waals surface area contributed by atoms with Crippen LogP contribution in [0.25, 0.3) is 4.96 Å². The third kappa shape index (κ3) is 3.66. The van der Waals surface area contributed by atoms with Crippen LogP contribution in [0.4, 0.5) is 0 Å². The molecular weight excluding hydrogens is 370 g/mol. The number of hydrogen-bond acceptors (Lipinski definition) is 8. The largest absolute Gasteiger partial charge is 0.383 e. The fourth-order valence-corrected chi connectivity index (χ4v) is 4.79. The van der Waals surface area contributed by atoms with Crippen LogP contribution in [0.5, 0.6) is 0 Å². The van der Waals surface area contributed by atoms with E-state index in [2.05, 4.69) is 15.0 Å². The van der Waals surface area contributed by atoms with E-state index in [1.54, 1.807) is 25.1 Å². The molecule has 0 spiro atoms. The molecule has 136 valence electrons. The van der Waals surface area contributed by atoms with E-state index in [0.717, 1.165) is 46.6 Å². The quantitative estimate of drug-likeness (QED) is 0.596. The molecule has 0 N–H and O–H groups in total. The van der Waals surface area contributed by atoms with Gasteiger partial charge in [-0.05, 0) is 12.1 Å². The molecule has 3 aromatic rings. The summed E-state index contributed by atoms with van der Waals surface area (Å²) in [6.07, 6.45) is 2.57. The van der Waals surface area contributed by atoms with Crippen LogP contribution < -0.4 is 5.56 Å². The van der Waals surface area contributed by atoms with Gasteiger partial charge in [-0.25, -0.2) is 4.98 Å². The van der Waals surface area contributed by atoms with Crippen LogP contribution in [0.3, 0.4) is 0 Å². The Morgan fingerprint density at radius 3 is 3.12 bits per heavy atom. The Morgan fingerprint density at radius 2 is 2.31 bits per heavy atom. The van der Waals surface area contributed by atoms with E-state index in [1.807, 2.05) is 18.2 Å². The third-order valence-electron chi connectivity index (χ3n) is 4.30. The van der Waals surface area contributed by atoms with Gasteiger partial charge in [0.25, 0.3) is 5.56 Å². The predicted molar refractivity (Wildman–Crippen MR) is 102 cm³/mol. The highest BCUT2D eigenvalue weighted by Gasteiger charge is 2.23. The summed E-state index contributed by atoms with van der Waals surface area (Å²) in [5.41, 5.74) is 2.61. The van der Waals surface area contributed by atoms with Crippen LogP contribution in [0.1, 0.15) is 17.0 Å². The number of nitrogens with zero attached hydrogens (tertiary/aromatic N) is 5. The van der Waals surface area contributed by atoms with Crippen molar-refractivity contribution in [3.05, 3.63) is 51.7 Å². The summed E-state index contributed by atoms with van der Waals surface area (Å²) < 4.78 is 7.42. The van der Waals surface area contributed by atoms with E-state index in [9.17, 15) is 4.79 Å². The van der Waals surface area contributed by atoms with E-state index in [1.165, 1.54) is 15.9 Å². The van der Waals surface area contributed by atoms with Gasteiger partial charge in [-0.2, -0.15) is 4.52 Å². The van der Waals surface area contributed by atoms with E-state index in [0.29, 0.717) is 18.1 Å². The minimum Gasteiger partial charge on any atom is -0.383 e. The first kappa shape index (κ1) is 17.6. The molecule has 4 heterocycles. The fourth-order valence-electron chi connectivity index (χ4n) is 2.92. The maximum absolute atomic E-state index is 12.9. The monoisotopic (exact) mass is 389 g/mol. The lowest BCUT2D eigenvalue weighted by Gasteiger charge is -2.26. The SMILES string of the molecule is COCCN1CCc2nc3sc(SCc4ccccn4)nn3c(=O)c2C1. The predicted octanol–water partition coefficient (Wildman–Crippen LogP) is 1.84. The molecule has 0 amide bonds. The summed E-state index contributed by atoms with van der Waals surface area (Å²) in [5.74, 6) is 0.722. The molecule has 0 fully saturated rings. The van der Waals surface area contributed by atoms with Gasteiger partial charge in [-0.3, -0.25) is 14.7 Å². The highest BCUT2D eigenvalue weighted by molar-refractivity contribution is 8.00. The Bertz CT molecular complexity index is 957. The number of hydrogen-bond donors (Lipinski definition) is 0. The molecule has 0 unspecified atom stereocenters. The Kier molecular flexibility index (Phi) is 5.30. The van der Waals surface area contributed by atoms with Gasteiger partial charge in [-0.15, -0.1) is 5.10 Å². The van der Waals surface area contributed by atoms with Crippen molar-refractivity contribution < 1.29 is 4.74 Å². The van der Waals surface area contributed by atoms with Crippen LogP contribution in [-0.2, 0) is 23.5 Å². The van der Waals surface area contributed by atoms with Crippen molar-refractivity contribution in [2.24, 2.45) is 0 Å². The van der Waals surface area contributed by atoms with E-state index < -0.39 is 0 Å². The van der Waals surface area contributed by atoms with Crippen molar-refractivity contribution in [3.63, 3.8) is 0 Å². The number of pyridine rings is 1. The second kappa shape index (κ2) is 7.83. The van der Waals surface area contributed by atoms with Crippen LogP contribution in [0.15, 0.2) is 33.5 Å². The topological polar surface area (TPSA) is 72.6 Å².